The summed E-state index contributed by atoms with van der Waals surface area (Å²) in [7, 11) is 0. The molecule has 2 aliphatic rings. The lowest BCUT2D eigenvalue weighted by atomic mass is 10.0. The van der Waals surface area contributed by atoms with Gasteiger partial charge in [0, 0.05) is 19.1 Å². The molecule has 1 aromatic rings. The summed E-state index contributed by atoms with van der Waals surface area (Å²) in [6.07, 6.45) is 7.64. The second kappa shape index (κ2) is 5.91. The first kappa shape index (κ1) is 12.9. The Morgan fingerprint density at radius 1 is 1.11 bits per heavy atom. The van der Waals surface area contributed by atoms with E-state index >= 15 is 0 Å². The van der Waals surface area contributed by atoms with Crippen molar-refractivity contribution < 1.29 is 0 Å². The third kappa shape index (κ3) is 3.08. The van der Waals surface area contributed by atoms with Gasteiger partial charge in [-0.25, -0.2) is 0 Å². The summed E-state index contributed by atoms with van der Waals surface area (Å²) in [6, 6.07) is 9.39. The summed E-state index contributed by atoms with van der Waals surface area (Å²) in [5, 5.41) is 4.53. The van der Waals surface area contributed by atoms with Crippen LogP contribution in [0.2, 0.25) is 0 Å². The highest BCUT2D eigenvalue weighted by Gasteiger charge is 2.20. The van der Waals surface area contributed by atoms with Crippen molar-refractivity contribution in [3.05, 3.63) is 35.4 Å². The van der Waals surface area contributed by atoms with Crippen LogP contribution < -0.4 is 5.32 Å². The Bertz CT molecular complexity index is 452. The molecule has 0 atom stereocenters. The van der Waals surface area contributed by atoms with Gasteiger partial charge in [0.15, 0.2) is 5.11 Å². The number of rotatable bonds is 1. The van der Waals surface area contributed by atoms with Crippen LogP contribution in [0.5, 0.6) is 0 Å². The quantitative estimate of drug-likeness (QED) is 0.791. The van der Waals surface area contributed by atoms with E-state index in [0.29, 0.717) is 6.04 Å². The zero-order valence-electron chi connectivity index (χ0n) is 11.4. The maximum absolute atomic E-state index is 5.61. The maximum Gasteiger partial charge on any atom is 0.169 e. The zero-order valence-corrected chi connectivity index (χ0v) is 12.2. The maximum atomic E-state index is 5.61. The van der Waals surface area contributed by atoms with Crippen molar-refractivity contribution in [3.8, 4) is 0 Å². The van der Waals surface area contributed by atoms with Crippen molar-refractivity contribution in [2.24, 2.45) is 0 Å². The van der Waals surface area contributed by atoms with Crippen molar-refractivity contribution in [1.82, 2.24) is 10.2 Å². The SMILES string of the molecule is S=C(NC1CCCC1)N1CCCc2ccccc2C1. The molecule has 2 nitrogen and oxygen atoms in total. The number of hydrogen-bond donors (Lipinski definition) is 1. The molecule has 1 N–H and O–H groups in total. The van der Waals surface area contributed by atoms with Crippen molar-refractivity contribution in [2.75, 3.05) is 6.54 Å². The molecule has 1 saturated carbocycles. The molecule has 0 aromatic heterocycles. The van der Waals surface area contributed by atoms with Crippen LogP contribution in [-0.2, 0) is 13.0 Å². The number of hydrogen-bond acceptors (Lipinski definition) is 1. The molecule has 1 fully saturated rings. The van der Waals surface area contributed by atoms with E-state index in [9.17, 15) is 0 Å². The lowest BCUT2D eigenvalue weighted by Crippen LogP contribution is -2.43. The topological polar surface area (TPSA) is 15.3 Å². The fourth-order valence-electron chi connectivity index (χ4n) is 3.21. The summed E-state index contributed by atoms with van der Waals surface area (Å²) in [6.45, 7) is 2.04. The molecular formula is C16H22N2S. The zero-order chi connectivity index (χ0) is 13.1. The Hall–Kier alpha value is -1.09. The highest BCUT2D eigenvalue weighted by Crippen LogP contribution is 2.21. The molecule has 0 bridgehead atoms. The first-order chi connectivity index (χ1) is 9.33. The smallest absolute Gasteiger partial charge is 0.169 e. The molecule has 0 unspecified atom stereocenters. The van der Waals surface area contributed by atoms with E-state index in [2.05, 4.69) is 34.5 Å². The van der Waals surface area contributed by atoms with Crippen LogP contribution in [0.15, 0.2) is 24.3 Å². The van der Waals surface area contributed by atoms with E-state index in [-0.39, 0.29) is 0 Å². The molecule has 0 radical (unpaired) electrons. The largest absolute Gasteiger partial charge is 0.360 e. The monoisotopic (exact) mass is 274 g/mol. The van der Waals surface area contributed by atoms with Gasteiger partial charge >= 0.3 is 0 Å². The van der Waals surface area contributed by atoms with Gasteiger partial charge in [-0.2, -0.15) is 0 Å². The van der Waals surface area contributed by atoms with E-state index in [1.54, 1.807) is 0 Å². The van der Waals surface area contributed by atoms with E-state index in [0.717, 1.165) is 18.2 Å². The van der Waals surface area contributed by atoms with Crippen LogP contribution in [0.3, 0.4) is 0 Å². The van der Waals surface area contributed by atoms with Gasteiger partial charge in [0.05, 0.1) is 0 Å². The Morgan fingerprint density at radius 3 is 2.63 bits per heavy atom. The molecule has 1 aromatic carbocycles. The number of aryl methyl sites for hydroxylation is 1. The summed E-state index contributed by atoms with van der Waals surface area (Å²) in [4.78, 5) is 2.35. The van der Waals surface area contributed by atoms with Crippen molar-refractivity contribution in [3.63, 3.8) is 0 Å². The van der Waals surface area contributed by atoms with E-state index in [4.69, 9.17) is 12.2 Å². The molecule has 0 saturated heterocycles. The first-order valence-corrected chi connectivity index (χ1v) is 7.86. The molecule has 3 heteroatoms. The molecular weight excluding hydrogens is 252 g/mol. The average Bonchev–Trinajstić information content (AvgIpc) is 2.82. The van der Waals surface area contributed by atoms with E-state index in [1.165, 1.54) is 49.7 Å². The van der Waals surface area contributed by atoms with Gasteiger partial charge in [0.25, 0.3) is 0 Å². The second-order valence-corrected chi connectivity index (χ2v) is 6.11. The average molecular weight is 274 g/mol. The van der Waals surface area contributed by atoms with Crippen LogP contribution in [0.4, 0.5) is 0 Å². The number of fused-ring (bicyclic) bond motifs is 1. The third-order valence-corrected chi connectivity index (χ3v) is 4.70. The number of nitrogens with one attached hydrogen (secondary N) is 1. The normalized spacial score (nSPS) is 19.9. The van der Waals surface area contributed by atoms with E-state index < -0.39 is 0 Å². The Kier molecular flexibility index (Phi) is 4.02. The minimum absolute atomic E-state index is 0.617. The third-order valence-electron chi connectivity index (χ3n) is 4.32. The highest BCUT2D eigenvalue weighted by atomic mass is 32.1. The molecule has 0 amide bonds. The molecule has 102 valence electrons. The minimum atomic E-state index is 0.617. The Labute approximate surface area is 121 Å². The van der Waals surface area contributed by atoms with Crippen LogP contribution in [-0.4, -0.2) is 22.6 Å². The fraction of sp³-hybridized carbons (Fsp3) is 0.562. The highest BCUT2D eigenvalue weighted by molar-refractivity contribution is 7.80. The van der Waals surface area contributed by atoms with Gasteiger partial charge in [0.2, 0.25) is 0 Å². The fourth-order valence-corrected chi connectivity index (χ4v) is 3.53. The number of benzene rings is 1. The lowest BCUT2D eigenvalue weighted by Gasteiger charge is -2.26. The molecule has 1 aliphatic heterocycles. The van der Waals surface area contributed by atoms with Gasteiger partial charge in [-0.15, -0.1) is 0 Å². The molecule has 19 heavy (non-hydrogen) atoms. The first-order valence-electron chi connectivity index (χ1n) is 7.45. The Morgan fingerprint density at radius 2 is 1.84 bits per heavy atom. The summed E-state index contributed by atoms with van der Waals surface area (Å²) in [5.41, 5.74) is 2.93. The summed E-state index contributed by atoms with van der Waals surface area (Å²) < 4.78 is 0. The molecule has 1 heterocycles. The lowest BCUT2D eigenvalue weighted by molar-refractivity contribution is 0.401. The summed E-state index contributed by atoms with van der Waals surface area (Å²) in [5.74, 6) is 0. The van der Waals surface area contributed by atoms with E-state index in [1.807, 2.05) is 0 Å². The predicted octanol–water partition coefficient (Wildman–Crippen LogP) is 3.25. The molecule has 3 rings (SSSR count). The Balaban J connectivity index is 1.66. The number of thiocarbonyl (C=S) groups is 1. The van der Waals surface area contributed by atoms with Crippen molar-refractivity contribution in [1.29, 1.82) is 0 Å². The van der Waals surface area contributed by atoms with Gasteiger partial charge in [-0.05, 0) is 49.0 Å². The van der Waals surface area contributed by atoms with Crippen LogP contribution in [0, 0.1) is 0 Å². The predicted molar refractivity (Wildman–Crippen MR) is 83.2 cm³/mol. The second-order valence-electron chi connectivity index (χ2n) is 5.72. The standard InChI is InChI=1S/C16H22N2S/c19-16(17-15-9-3-4-10-15)18-11-5-8-13-6-1-2-7-14(13)12-18/h1-2,6-7,15H,3-5,8-12H2,(H,17,19). The molecule has 1 aliphatic carbocycles. The minimum Gasteiger partial charge on any atom is -0.360 e. The van der Waals surface area contributed by atoms with Crippen LogP contribution in [0.25, 0.3) is 0 Å². The van der Waals surface area contributed by atoms with Crippen molar-refractivity contribution >= 4 is 17.3 Å². The summed E-state index contributed by atoms with van der Waals surface area (Å²) >= 11 is 5.61. The van der Waals surface area contributed by atoms with Gasteiger partial charge in [0.1, 0.15) is 0 Å². The van der Waals surface area contributed by atoms with Crippen molar-refractivity contribution in [2.45, 2.75) is 51.1 Å². The van der Waals surface area contributed by atoms with Gasteiger partial charge in [-0.3, -0.25) is 0 Å². The number of nitrogens with zero attached hydrogens (tertiary/aromatic N) is 1. The van der Waals surface area contributed by atoms with Gasteiger partial charge in [-0.1, -0.05) is 37.1 Å². The van der Waals surface area contributed by atoms with Crippen LogP contribution >= 0.6 is 12.2 Å². The van der Waals surface area contributed by atoms with Crippen LogP contribution in [0.1, 0.15) is 43.2 Å². The van der Waals surface area contributed by atoms with Gasteiger partial charge < -0.3 is 10.2 Å². The molecule has 0 spiro atoms.